The normalized spacial score (nSPS) is 15.4. The van der Waals surface area contributed by atoms with Crippen LogP contribution in [-0.2, 0) is 4.74 Å². The summed E-state index contributed by atoms with van der Waals surface area (Å²) in [4.78, 5) is 0. The first-order valence-electron chi connectivity index (χ1n) is 5.86. The van der Waals surface area contributed by atoms with Crippen LogP contribution in [0.25, 0.3) is 0 Å². The van der Waals surface area contributed by atoms with E-state index in [1.54, 1.807) is 7.11 Å². The number of furan rings is 1. The standard InChI is InChI=1S/C13H23NO2/c1-9(2)11(4)14-12(8-15-5)13-7-6-10(3)16-13/h6-7,9,11-12,14H,8H2,1-5H3. The number of nitrogens with one attached hydrogen (secondary N) is 1. The van der Waals surface area contributed by atoms with E-state index >= 15 is 0 Å². The summed E-state index contributed by atoms with van der Waals surface area (Å²) in [7, 11) is 1.71. The lowest BCUT2D eigenvalue weighted by Gasteiger charge is -2.23. The number of rotatable bonds is 6. The molecule has 2 unspecified atom stereocenters. The molecule has 1 aromatic heterocycles. The minimum Gasteiger partial charge on any atom is -0.465 e. The number of hydrogen-bond donors (Lipinski definition) is 1. The van der Waals surface area contributed by atoms with Crippen LogP contribution in [0.2, 0.25) is 0 Å². The van der Waals surface area contributed by atoms with Gasteiger partial charge in [0.2, 0.25) is 0 Å². The highest BCUT2D eigenvalue weighted by molar-refractivity contribution is 5.10. The minimum absolute atomic E-state index is 0.135. The van der Waals surface area contributed by atoms with Gasteiger partial charge in [0, 0.05) is 13.2 Å². The fraction of sp³-hybridized carbons (Fsp3) is 0.692. The predicted molar refractivity (Wildman–Crippen MR) is 65.5 cm³/mol. The third kappa shape index (κ3) is 3.65. The van der Waals surface area contributed by atoms with Gasteiger partial charge in [-0.25, -0.2) is 0 Å². The number of hydrogen-bond acceptors (Lipinski definition) is 3. The van der Waals surface area contributed by atoms with Gasteiger partial charge in [-0.1, -0.05) is 13.8 Å². The highest BCUT2D eigenvalue weighted by Gasteiger charge is 2.18. The maximum absolute atomic E-state index is 5.64. The molecule has 0 spiro atoms. The highest BCUT2D eigenvalue weighted by atomic mass is 16.5. The average Bonchev–Trinajstić information content (AvgIpc) is 2.64. The van der Waals surface area contributed by atoms with E-state index in [0.717, 1.165) is 11.5 Å². The molecule has 0 aliphatic carbocycles. The molecule has 1 heterocycles. The van der Waals surface area contributed by atoms with E-state index in [4.69, 9.17) is 9.15 Å². The Morgan fingerprint density at radius 1 is 1.31 bits per heavy atom. The fourth-order valence-corrected chi connectivity index (χ4v) is 1.53. The summed E-state index contributed by atoms with van der Waals surface area (Å²) in [5.41, 5.74) is 0. The van der Waals surface area contributed by atoms with Crippen molar-refractivity contribution in [1.82, 2.24) is 5.32 Å². The van der Waals surface area contributed by atoms with Crippen LogP contribution in [0.3, 0.4) is 0 Å². The van der Waals surface area contributed by atoms with E-state index in [9.17, 15) is 0 Å². The van der Waals surface area contributed by atoms with Crippen molar-refractivity contribution in [1.29, 1.82) is 0 Å². The van der Waals surface area contributed by atoms with Crippen molar-refractivity contribution in [3.05, 3.63) is 23.7 Å². The molecule has 0 saturated heterocycles. The second-order valence-electron chi connectivity index (χ2n) is 4.66. The maximum atomic E-state index is 5.64. The molecule has 0 bridgehead atoms. The summed E-state index contributed by atoms with van der Waals surface area (Å²) in [5, 5.41) is 3.53. The second kappa shape index (κ2) is 6.06. The quantitative estimate of drug-likeness (QED) is 0.808. The summed E-state index contributed by atoms with van der Waals surface area (Å²) >= 11 is 0. The van der Waals surface area contributed by atoms with E-state index in [1.807, 2.05) is 19.1 Å². The van der Waals surface area contributed by atoms with Gasteiger partial charge in [-0.3, -0.25) is 0 Å². The fourth-order valence-electron chi connectivity index (χ4n) is 1.53. The molecule has 0 aromatic carbocycles. The molecular weight excluding hydrogens is 202 g/mol. The Morgan fingerprint density at radius 2 is 2.00 bits per heavy atom. The van der Waals surface area contributed by atoms with Crippen molar-refractivity contribution in [2.75, 3.05) is 13.7 Å². The van der Waals surface area contributed by atoms with Crippen LogP contribution in [-0.4, -0.2) is 19.8 Å². The smallest absolute Gasteiger partial charge is 0.123 e. The Kier molecular flexibility index (Phi) is 5.03. The van der Waals surface area contributed by atoms with Crippen LogP contribution in [0.5, 0.6) is 0 Å². The second-order valence-corrected chi connectivity index (χ2v) is 4.66. The van der Waals surface area contributed by atoms with E-state index in [0.29, 0.717) is 18.6 Å². The van der Waals surface area contributed by atoms with Crippen LogP contribution in [0.15, 0.2) is 16.5 Å². The average molecular weight is 225 g/mol. The summed E-state index contributed by atoms with van der Waals surface area (Å²) in [5.74, 6) is 2.48. The van der Waals surface area contributed by atoms with E-state index < -0.39 is 0 Å². The van der Waals surface area contributed by atoms with Crippen LogP contribution in [0.4, 0.5) is 0 Å². The molecule has 1 rings (SSSR count). The molecule has 92 valence electrons. The van der Waals surface area contributed by atoms with Gasteiger partial charge in [0.05, 0.1) is 12.6 Å². The molecule has 0 aliphatic rings. The van der Waals surface area contributed by atoms with Crippen molar-refractivity contribution >= 4 is 0 Å². The molecule has 2 atom stereocenters. The number of ether oxygens (including phenoxy) is 1. The summed E-state index contributed by atoms with van der Waals surface area (Å²) in [6.07, 6.45) is 0. The molecule has 16 heavy (non-hydrogen) atoms. The zero-order chi connectivity index (χ0) is 12.1. The van der Waals surface area contributed by atoms with Gasteiger partial charge in [-0.05, 0) is 31.9 Å². The predicted octanol–water partition coefficient (Wildman–Crippen LogP) is 2.91. The van der Waals surface area contributed by atoms with Crippen LogP contribution >= 0.6 is 0 Å². The van der Waals surface area contributed by atoms with Gasteiger partial charge >= 0.3 is 0 Å². The minimum atomic E-state index is 0.135. The Labute approximate surface area is 98.2 Å². The lowest BCUT2D eigenvalue weighted by atomic mass is 10.0. The van der Waals surface area contributed by atoms with Crippen molar-refractivity contribution in [2.45, 2.75) is 39.8 Å². The molecular formula is C13H23NO2. The monoisotopic (exact) mass is 225 g/mol. The van der Waals surface area contributed by atoms with Crippen LogP contribution in [0, 0.1) is 12.8 Å². The first-order chi connectivity index (χ1) is 7.54. The molecule has 1 N–H and O–H groups in total. The molecule has 0 saturated carbocycles. The van der Waals surface area contributed by atoms with Gasteiger partial charge in [0.1, 0.15) is 11.5 Å². The first kappa shape index (κ1) is 13.3. The number of methoxy groups -OCH3 is 1. The molecule has 3 nitrogen and oxygen atoms in total. The SMILES string of the molecule is COCC(NC(C)C(C)C)c1ccc(C)o1. The molecule has 1 aromatic rings. The first-order valence-corrected chi connectivity index (χ1v) is 5.86. The van der Waals surface area contributed by atoms with Gasteiger partial charge in [-0.2, -0.15) is 0 Å². The largest absolute Gasteiger partial charge is 0.465 e. The van der Waals surface area contributed by atoms with Crippen LogP contribution in [0.1, 0.15) is 38.3 Å². The lowest BCUT2D eigenvalue weighted by molar-refractivity contribution is 0.147. The lowest BCUT2D eigenvalue weighted by Crippen LogP contribution is -2.36. The highest BCUT2D eigenvalue weighted by Crippen LogP contribution is 2.18. The summed E-state index contributed by atoms with van der Waals surface area (Å²) < 4.78 is 10.9. The molecule has 3 heteroatoms. The molecule has 0 radical (unpaired) electrons. The third-order valence-electron chi connectivity index (χ3n) is 2.90. The number of aryl methyl sites for hydroxylation is 1. The topological polar surface area (TPSA) is 34.4 Å². The zero-order valence-electron chi connectivity index (χ0n) is 10.9. The Hall–Kier alpha value is -0.800. The van der Waals surface area contributed by atoms with Gasteiger partial charge < -0.3 is 14.5 Å². The van der Waals surface area contributed by atoms with Crippen molar-refractivity contribution in [3.63, 3.8) is 0 Å². The van der Waals surface area contributed by atoms with Crippen molar-refractivity contribution in [3.8, 4) is 0 Å². The molecule has 0 amide bonds. The summed E-state index contributed by atoms with van der Waals surface area (Å²) in [6, 6.07) is 4.57. The van der Waals surface area contributed by atoms with E-state index in [-0.39, 0.29) is 6.04 Å². The Balaban J connectivity index is 2.67. The van der Waals surface area contributed by atoms with Gasteiger partial charge in [-0.15, -0.1) is 0 Å². The van der Waals surface area contributed by atoms with Crippen molar-refractivity contribution in [2.24, 2.45) is 5.92 Å². The summed E-state index contributed by atoms with van der Waals surface area (Å²) in [6.45, 7) is 9.18. The zero-order valence-corrected chi connectivity index (χ0v) is 10.9. The Morgan fingerprint density at radius 3 is 2.44 bits per heavy atom. The van der Waals surface area contributed by atoms with Crippen LogP contribution < -0.4 is 5.32 Å². The van der Waals surface area contributed by atoms with E-state index in [2.05, 4.69) is 26.1 Å². The maximum Gasteiger partial charge on any atom is 0.123 e. The molecule has 0 fully saturated rings. The van der Waals surface area contributed by atoms with Gasteiger partial charge in [0.15, 0.2) is 0 Å². The van der Waals surface area contributed by atoms with Gasteiger partial charge in [0.25, 0.3) is 0 Å². The van der Waals surface area contributed by atoms with Crippen molar-refractivity contribution < 1.29 is 9.15 Å². The molecule has 0 aliphatic heterocycles. The Bertz CT molecular complexity index is 307. The van der Waals surface area contributed by atoms with E-state index in [1.165, 1.54) is 0 Å². The third-order valence-corrected chi connectivity index (χ3v) is 2.90.